The molecule has 6 heteroatoms. The van der Waals surface area contributed by atoms with E-state index in [2.05, 4.69) is 31.1 Å². The van der Waals surface area contributed by atoms with Crippen LogP contribution in [0, 0.1) is 0 Å². The Morgan fingerprint density at radius 3 is 2.95 bits per heavy atom. The van der Waals surface area contributed by atoms with Gasteiger partial charge in [0, 0.05) is 34.7 Å². The van der Waals surface area contributed by atoms with E-state index in [0.717, 1.165) is 30.3 Å². The largest absolute Gasteiger partial charge is 0.329 e. The van der Waals surface area contributed by atoms with Crippen molar-refractivity contribution in [3.63, 3.8) is 0 Å². The van der Waals surface area contributed by atoms with Gasteiger partial charge in [0.05, 0.1) is 6.04 Å². The summed E-state index contributed by atoms with van der Waals surface area (Å²) in [5, 5.41) is 4.05. The van der Waals surface area contributed by atoms with Crippen molar-refractivity contribution >= 4 is 29.1 Å². The van der Waals surface area contributed by atoms with Crippen molar-refractivity contribution in [1.82, 2.24) is 15.2 Å². The van der Waals surface area contributed by atoms with Gasteiger partial charge in [0.25, 0.3) is 0 Å². The zero-order chi connectivity index (χ0) is 14.8. The molecule has 1 saturated heterocycles. The molecule has 0 spiro atoms. The normalized spacial score (nSPS) is 19.7. The molecule has 2 heterocycles. The topological polar surface area (TPSA) is 45.2 Å². The number of nitrogens with zero attached hydrogens (tertiary/aromatic N) is 2. The molecular formula is C14H23N3OS2. The molecular weight excluding hydrogens is 290 g/mol. The lowest BCUT2D eigenvalue weighted by Crippen LogP contribution is -2.50. The number of carbonyl (C=O) groups is 1. The van der Waals surface area contributed by atoms with Crippen molar-refractivity contribution in [2.45, 2.75) is 44.9 Å². The highest BCUT2D eigenvalue weighted by Crippen LogP contribution is 2.29. The third-order valence-corrected chi connectivity index (χ3v) is 5.96. The van der Waals surface area contributed by atoms with E-state index in [-0.39, 0.29) is 16.8 Å². The molecule has 2 rings (SSSR count). The summed E-state index contributed by atoms with van der Waals surface area (Å²) in [7, 11) is 0. The molecule has 112 valence electrons. The Morgan fingerprint density at radius 1 is 1.60 bits per heavy atom. The van der Waals surface area contributed by atoms with Gasteiger partial charge in [-0.3, -0.25) is 0 Å². The lowest BCUT2D eigenvalue weighted by Gasteiger charge is -2.37. The molecule has 1 aliphatic rings. The Hall–Kier alpha value is -0.750. The predicted octanol–water partition coefficient (Wildman–Crippen LogP) is 3.30. The number of hydrogen-bond donors (Lipinski definition) is 1. The van der Waals surface area contributed by atoms with E-state index in [4.69, 9.17) is 0 Å². The van der Waals surface area contributed by atoms with Gasteiger partial charge in [0.2, 0.25) is 0 Å². The van der Waals surface area contributed by atoms with Crippen LogP contribution >= 0.6 is 23.1 Å². The van der Waals surface area contributed by atoms with Crippen molar-refractivity contribution in [1.29, 1.82) is 0 Å². The molecule has 1 aliphatic heterocycles. The van der Waals surface area contributed by atoms with Gasteiger partial charge in [0.1, 0.15) is 5.01 Å². The molecule has 2 amide bonds. The SMILES string of the molecule is CCc1cnc([C@@H](C)NC(=O)N2CCSC(C)(C)C2)s1. The molecule has 4 nitrogen and oxygen atoms in total. The van der Waals surface area contributed by atoms with Gasteiger partial charge in [-0.05, 0) is 27.2 Å². The van der Waals surface area contributed by atoms with E-state index in [1.165, 1.54) is 4.88 Å². The number of amides is 2. The Balaban J connectivity index is 1.93. The predicted molar refractivity (Wildman–Crippen MR) is 86.5 cm³/mol. The molecule has 0 saturated carbocycles. The van der Waals surface area contributed by atoms with Crippen LogP contribution in [0.2, 0.25) is 0 Å². The lowest BCUT2D eigenvalue weighted by molar-refractivity contribution is 0.191. The number of aryl methyl sites for hydroxylation is 1. The van der Waals surface area contributed by atoms with E-state index in [0.29, 0.717) is 0 Å². The number of thiazole rings is 1. The Morgan fingerprint density at radius 2 is 2.35 bits per heavy atom. The van der Waals surface area contributed by atoms with Crippen molar-refractivity contribution in [2.75, 3.05) is 18.8 Å². The molecule has 0 radical (unpaired) electrons. The molecule has 0 bridgehead atoms. The number of hydrogen-bond acceptors (Lipinski definition) is 4. The second-order valence-electron chi connectivity index (χ2n) is 5.72. The molecule has 0 aliphatic carbocycles. The summed E-state index contributed by atoms with van der Waals surface area (Å²) in [6.45, 7) is 10.1. The summed E-state index contributed by atoms with van der Waals surface area (Å²) in [5.74, 6) is 1.01. The minimum atomic E-state index is -0.0227. The van der Waals surface area contributed by atoms with Crippen LogP contribution in [0.1, 0.15) is 43.6 Å². The summed E-state index contributed by atoms with van der Waals surface area (Å²) in [6, 6.07) is 0.00427. The second-order valence-corrected chi connectivity index (χ2v) is 8.67. The van der Waals surface area contributed by atoms with E-state index >= 15 is 0 Å². The van der Waals surface area contributed by atoms with Crippen LogP contribution in [0.4, 0.5) is 4.79 Å². The Labute approximate surface area is 129 Å². The minimum absolute atomic E-state index is 0.0227. The summed E-state index contributed by atoms with van der Waals surface area (Å²) < 4.78 is 0.148. The summed E-state index contributed by atoms with van der Waals surface area (Å²) in [6.07, 6.45) is 2.90. The molecule has 1 atom stereocenters. The van der Waals surface area contributed by atoms with Crippen molar-refractivity contribution < 1.29 is 4.79 Å². The fraction of sp³-hybridized carbons (Fsp3) is 0.714. The Kier molecular flexibility index (Phi) is 4.96. The lowest BCUT2D eigenvalue weighted by atomic mass is 10.2. The summed E-state index contributed by atoms with van der Waals surface area (Å²) in [5.41, 5.74) is 0. The van der Waals surface area contributed by atoms with Crippen LogP contribution in [0.25, 0.3) is 0 Å². The molecule has 1 N–H and O–H groups in total. The maximum atomic E-state index is 12.3. The first-order chi connectivity index (χ1) is 9.41. The molecule has 1 aromatic heterocycles. The zero-order valence-corrected chi connectivity index (χ0v) is 14.2. The molecule has 1 aromatic rings. The van der Waals surface area contributed by atoms with Crippen LogP contribution in [-0.4, -0.2) is 39.5 Å². The highest BCUT2D eigenvalue weighted by molar-refractivity contribution is 8.00. The highest BCUT2D eigenvalue weighted by atomic mass is 32.2. The van der Waals surface area contributed by atoms with Crippen molar-refractivity contribution in [2.24, 2.45) is 0 Å². The van der Waals surface area contributed by atoms with Crippen molar-refractivity contribution in [3.8, 4) is 0 Å². The molecule has 1 fully saturated rings. The average molecular weight is 313 g/mol. The number of urea groups is 1. The number of rotatable bonds is 3. The number of carbonyl (C=O) groups excluding carboxylic acids is 1. The smallest absolute Gasteiger partial charge is 0.318 e. The fourth-order valence-corrected chi connectivity index (χ4v) is 4.19. The monoisotopic (exact) mass is 313 g/mol. The number of nitrogens with one attached hydrogen (secondary N) is 1. The standard InChI is InChI=1S/C14H23N3OS2/c1-5-11-8-15-12(20-11)10(2)16-13(18)17-6-7-19-14(3,4)9-17/h8,10H,5-7,9H2,1-4H3,(H,16,18)/t10-/m1/s1. The van der Waals surface area contributed by atoms with Crippen molar-refractivity contribution in [3.05, 3.63) is 16.1 Å². The van der Waals surface area contributed by atoms with Gasteiger partial charge in [-0.25, -0.2) is 9.78 Å². The van der Waals surface area contributed by atoms with Gasteiger partial charge in [-0.15, -0.1) is 11.3 Å². The van der Waals surface area contributed by atoms with Crippen LogP contribution in [0.3, 0.4) is 0 Å². The first-order valence-electron chi connectivity index (χ1n) is 7.05. The van der Waals surface area contributed by atoms with Gasteiger partial charge >= 0.3 is 6.03 Å². The van der Waals surface area contributed by atoms with Gasteiger partial charge in [0.15, 0.2) is 0 Å². The van der Waals surface area contributed by atoms with E-state index in [1.807, 2.05) is 29.8 Å². The first-order valence-corrected chi connectivity index (χ1v) is 8.85. The molecule has 20 heavy (non-hydrogen) atoms. The van der Waals surface area contributed by atoms with Crippen LogP contribution in [0.15, 0.2) is 6.20 Å². The third-order valence-electron chi connectivity index (χ3n) is 3.34. The van der Waals surface area contributed by atoms with Crippen LogP contribution in [0.5, 0.6) is 0 Å². The molecule has 0 aromatic carbocycles. The second kappa shape index (κ2) is 6.35. The van der Waals surface area contributed by atoms with Gasteiger partial charge < -0.3 is 10.2 Å². The summed E-state index contributed by atoms with van der Waals surface area (Å²) >= 11 is 3.61. The summed E-state index contributed by atoms with van der Waals surface area (Å²) in [4.78, 5) is 19.9. The Bertz CT molecular complexity index is 473. The maximum absolute atomic E-state index is 12.3. The average Bonchev–Trinajstić information content (AvgIpc) is 2.86. The maximum Gasteiger partial charge on any atom is 0.318 e. The van der Waals surface area contributed by atoms with Gasteiger partial charge in [-0.2, -0.15) is 11.8 Å². The van der Waals surface area contributed by atoms with E-state index in [1.54, 1.807) is 11.3 Å². The van der Waals surface area contributed by atoms with Crippen LogP contribution < -0.4 is 5.32 Å². The van der Waals surface area contributed by atoms with Gasteiger partial charge in [-0.1, -0.05) is 6.92 Å². The molecule has 0 unspecified atom stereocenters. The van der Waals surface area contributed by atoms with Crippen LogP contribution in [-0.2, 0) is 6.42 Å². The third kappa shape index (κ3) is 3.88. The number of thioether (sulfide) groups is 1. The number of aromatic nitrogens is 1. The highest BCUT2D eigenvalue weighted by Gasteiger charge is 2.30. The quantitative estimate of drug-likeness (QED) is 0.931. The first kappa shape index (κ1) is 15.6. The van der Waals surface area contributed by atoms with E-state index in [9.17, 15) is 4.79 Å². The van der Waals surface area contributed by atoms with E-state index < -0.39 is 0 Å². The fourth-order valence-electron chi connectivity index (χ4n) is 2.21. The minimum Gasteiger partial charge on any atom is -0.329 e. The zero-order valence-electron chi connectivity index (χ0n) is 12.6.